The number of nitrogens with zero attached hydrogens (tertiary/aromatic N) is 1. The van der Waals surface area contributed by atoms with Crippen molar-refractivity contribution in [2.75, 3.05) is 6.54 Å². The fourth-order valence-electron chi connectivity index (χ4n) is 1.92. The van der Waals surface area contributed by atoms with E-state index in [9.17, 15) is 4.79 Å². The summed E-state index contributed by atoms with van der Waals surface area (Å²) in [5.74, 6) is 0.506. The minimum Gasteiger partial charge on any atom is -0.352 e. The summed E-state index contributed by atoms with van der Waals surface area (Å²) in [5.41, 5.74) is 1.99. The van der Waals surface area contributed by atoms with E-state index in [4.69, 9.17) is 0 Å². The molecule has 106 valence electrons. The van der Waals surface area contributed by atoms with Crippen LogP contribution < -0.4 is 5.32 Å². The van der Waals surface area contributed by atoms with Crippen LogP contribution in [0.3, 0.4) is 0 Å². The van der Waals surface area contributed by atoms with Crippen molar-refractivity contribution in [3.8, 4) is 0 Å². The number of carbonyl (C=O) groups is 1. The van der Waals surface area contributed by atoms with E-state index in [-0.39, 0.29) is 5.91 Å². The van der Waals surface area contributed by atoms with Crippen LogP contribution in [0.4, 0.5) is 0 Å². The number of aryl methyl sites for hydroxylation is 1. The first-order chi connectivity index (χ1) is 9.66. The fourth-order valence-corrected chi connectivity index (χ4v) is 2.82. The highest BCUT2D eigenvalue weighted by Gasteiger charge is 2.09. The minimum absolute atomic E-state index is 0.0272. The Morgan fingerprint density at radius 1 is 1.45 bits per heavy atom. The largest absolute Gasteiger partial charge is 0.352 e. The van der Waals surface area contributed by atoms with E-state index in [2.05, 4.69) is 30.2 Å². The first-order valence-electron chi connectivity index (χ1n) is 6.92. The Morgan fingerprint density at radius 3 is 2.95 bits per heavy atom. The third kappa shape index (κ3) is 4.17. The number of pyridine rings is 1. The lowest BCUT2D eigenvalue weighted by atomic mass is 10.1. The van der Waals surface area contributed by atoms with Gasteiger partial charge in [0.1, 0.15) is 0 Å². The molecule has 2 heterocycles. The average molecular weight is 288 g/mol. The van der Waals surface area contributed by atoms with E-state index in [1.807, 2.05) is 23.7 Å². The van der Waals surface area contributed by atoms with E-state index >= 15 is 0 Å². The quantitative estimate of drug-likeness (QED) is 0.825. The highest BCUT2D eigenvalue weighted by Crippen LogP contribution is 2.22. The summed E-state index contributed by atoms with van der Waals surface area (Å²) in [5, 5.41) is 4.91. The van der Waals surface area contributed by atoms with Crippen LogP contribution in [-0.2, 0) is 6.42 Å². The van der Waals surface area contributed by atoms with Crippen molar-refractivity contribution in [1.82, 2.24) is 10.3 Å². The van der Waals surface area contributed by atoms with Crippen LogP contribution in [0.2, 0.25) is 0 Å². The van der Waals surface area contributed by atoms with Gasteiger partial charge in [-0.05, 0) is 36.5 Å². The van der Waals surface area contributed by atoms with Crippen molar-refractivity contribution >= 4 is 17.2 Å². The predicted octanol–water partition coefficient (Wildman–Crippen LogP) is 3.63. The summed E-state index contributed by atoms with van der Waals surface area (Å²) in [6, 6.07) is 5.99. The smallest absolute Gasteiger partial charge is 0.252 e. The van der Waals surface area contributed by atoms with Gasteiger partial charge in [-0.1, -0.05) is 19.9 Å². The van der Waals surface area contributed by atoms with Crippen LogP contribution in [0, 0.1) is 0 Å². The normalized spacial score (nSPS) is 10.8. The highest BCUT2D eigenvalue weighted by atomic mass is 32.1. The maximum Gasteiger partial charge on any atom is 0.252 e. The Bertz CT molecular complexity index is 549. The van der Waals surface area contributed by atoms with Gasteiger partial charge in [0.15, 0.2) is 0 Å². The fraction of sp³-hybridized carbons (Fsp3) is 0.375. The Morgan fingerprint density at radius 2 is 2.30 bits per heavy atom. The molecule has 0 saturated heterocycles. The van der Waals surface area contributed by atoms with Gasteiger partial charge in [-0.15, -0.1) is 11.3 Å². The second-order valence-corrected chi connectivity index (χ2v) is 6.06. The molecule has 1 amide bonds. The molecule has 0 saturated carbocycles. The van der Waals surface area contributed by atoms with Gasteiger partial charge in [0, 0.05) is 29.2 Å². The molecule has 0 atom stereocenters. The lowest BCUT2D eigenvalue weighted by molar-refractivity contribution is 0.0953. The Hall–Kier alpha value is -1.68. The van der Waals surface area contributed by atoms with Crippen LogP contribution >= 0.6 is 11.3 Å². The number of carbonyl (C=O) groups excluding carboxylic acids is 1. The molecule has 0 spiro atoms. The monoisotopic (exact) mass is 288 g/mol. The zero-order valence-corrected chi connectivity index (χ0v) is 12.7. The molecule has 0 aliphatic carbocycles. The highest BCUT2D eigenvalue weighted by molar-refractivity contribution is 7.10. The third-order valence-electron chi connectivity index (χ3n) is 3.10. The number of aromatic nitrogens is 1. The van der Waals surface area contributed by atoms with Gasteiger partial charge in [0.25, 0.3) is 5.91 Å². The summed E-state index contributed by atoms with van der Waals surface area (Å²) in [7, 11) is 0. The zero-order valence-electron chi connectivity index (χ0n) is 11.9. The molecule has 0 fully saturated rings. The summed E-state index contributed by atoms with van der Waals surface area (Å²) < 4.78 is 0. The Kier molecular flexibility index (Phi) is 5.30. The SMILES string of the molecule is CC(C)c1cc(C(=O)NCCCc2cccnc2)cs1. The minimum atomic E-state index is 0.0272. The van der Waals surface area contributed by atoms with Gasteiger partial charge in [-0.2, -0.15) is 0 Å². The lowest BCUT2D eigenvalue weighted by Crippen LogP contribution is -2.24. The molecule has 1 N–H and O–H groups in total. The third-order valence-corrected chi connectivity index (χ3v) is 4.33. The zero-order chi connectivity index (χ0) is 14.4. The van der Waals surface area contributed by atoms with Crippen LogP contribution in [0.15, 0.2) is 36.0 Å². The number of rotatable bonds is 6. The lowest BCUT2D eigenvalue weighted by Gasteiger charge is -2.04. The Labute approximate surface area is 124 Å². The van der Waals surface area contributed by atoms with Crippen LogP contribution in [0.5, 0.6) is 0 Å². The summed E-state index contributed by atoms with van der Waals surface area (Å²) in [4.78, 5) is 17.3. The Balaban J connectivity index is 1.75. The molecule has 0 radical (unpaired) electrons. The summed E-state index contributed by atoms with van der Waals surface area (Å²) >= 11 is 1.65. The molecule has 2 aromatic rings. The first kappa shape index (κ1) is 14.7. The van der Waals surface area contributed by atoms with Crippen molar-refractivity contribution < 1.29 is 4.79 Å². The standard InChI is InChI=1S/C16H20N2OS/c1-12(2)15-9-14(11-20-15)16(19)18-8-4-6-13-5-3-7-17-10-13/h3,5,7,9-12H,4,6,8H2,1-2H3,(H,18,19). The number of thiophene rings is 1. The molecule has 0 unspecified atom stereocenters. The molecule has 0 aliphatic rings. The van der Waals surface area contributed by atoms with E-state index in [0.717, 1.165) is 18.4 Å². The van der Waals surface area contributed by atoms with Crippen molar-refractivity contribution in [1.29, 1.82) is 0 Å². The molecular weight excluding hydrogens is 268 g/mol. The maximum atomic E-state index is 12.0. The number of nitrogens with one attached hydrogen (secondary N) is 1. The summed E-state index contributed by atoms with van der Waals surface area (Å²) in [6.45, 7) is 4.98. The molecule has 0 aliphatic heterocycles. The molecule has 2 aromatic heterocycles. The number of hydrogen-bond acceptors (Lipinski definition) is 3. The van der Waals surface area contributed by atoms with Crippen LogP contribution in [0.25, 0.3) is 0 Å². The van der Waals surface area contributed by atoms with E-state index in [1.165, 1.54) is 10.4 Å². The van der Waals surface area contributed by atoms with Crippen molar-refractivity contribution in [2.24, 2.45) is 0 Å². The second-order valence-electron chi connectivity index (χ2n) is 5.11. The van der Waals surface area contributed by atoms with Crippen LogP contribution in [0.1, 0.15) is 47.0 Å². The molecule has 0 bridgehead atoms. The van der Waals surface area contributed by atoms with Gasteiger partial charge in [0.05, 0.1) is 5.56 Å². The van der Waals surface area contributed by atoms with Crippen LogP contribution in [-0.4, -0.2) is 17.4 Å². The molecular formula is C16H20N2OS. The molecule has 3 nitrogen and oxygen atoms in total. The molecule has 0 aromatic carbocycles. The topological polar surface area (TPSA) is 42.0 Å². The van der Waals surface area contributed by atoms with Gasteiger partial charge in [-0.25, -0.2) is 0 Å². The van der Waals surface area contributed by atoms with Gasteiger partial charge >= 0.3 is 0 Å². The van der Waals surface area contributed by atoms with Crippen molar-refractivity contribution in [3.05, 3.63) is 52.0 Å². The van der Waals surface area contributed by atoms with E-state index in [1.54, 1.807) is 17.5 Å². The molecule has 2 rings (SSSR count). The summed E-state index contributed by atoms with van der Waals surface area (Å²) in [6.07, 6.45) is 5.51. The number of hydrogen-bond donors (Lipinski definition) is 1. The first-order valence-corrected chi connectivity index (χ1v) is 7.80. The van der Waals surface area contributed by atoms with Gasteiger partial charge < -0.3 is 5.32 Å². The van der Waals surface area contributed by atoms with E-state index < -0.39 is 0 Å². The maximum absolute atomic E-state index is 12.0. The number of amides is 1. The average Bonchev–Trinajstić information content (AvgIpc) is 2.94. The van der Waals surface area contributed by atoms with Crippen molar-refractivity contribution in [3.63, 3.8) is 0 Å². The van der Waals surface area contributed by atoms with Crippen molar-refractivity contribution in [2.45, 2.75) is 32.6 Å². The predicted molar refractivity (Wildman–Crippen MR) is 83.3 cm³/mol. The molecule has 4 heteroatoms. The van der Waals surface area contributed by atoms with Gasteiger partial charge in [0.2, 0.25) is 0 Å². The molecule has 20 heavy (non-hydrogen) atoms. The second kappa shape index (κ2) is 7.20. The van der Waals surface area contributed by atoms with E-state index in [0.29, 0.717) is 12.5 Å². The van der Waals surface area contributed by atoms with Gasteiger partial charge in [-0.3, -0.25) is 9.78 Å².